The first-order chi connectivity index (χ1) is 9.72. The van der Waals surface area contributed by atoms with Gasteiger partial charge in [0, 0.05) is 44.8 Å². The third-order valence-electron chi connectivity index (χ3n) is 5.19. The van der Waals surface area contributed by atoms with Gasteiger partial charge in [0.25, 0.3) is 0 Å². The number of carbonyl (C=O) groups excluding carboxylic acids is 1. The minimum absolute atomic E-state index is 0.00233. The van der Waals surface area contributed by atoms with E-state index in [-0.39, 0.29) is 12.1 Å². The number of piperidine rings is 1. The first-order valence-electron chi connectivity index (χ1n) is 8.07. The molecule has 0 aromatic heterocycles. The predicted molar refractivity (Wildman–Crippen MR) is 77.6 cm³/mol. The van der Waals surface area contributed by atoms with E-state index < -0.39 is 0 Å². The number of hydrogen-bond acceptors (Lipinski definition) is 5. The van der Waals surface area contributed by atoms with E-state index >= 15 is 0 Å². The molecule has 0 spiro atoms. The average molecular weight is 281 g/mol. The molecule has 5 nitrogen and oxygen atoms in total. The van der Waals surface area contributed by atoms with Crippen molar-refractivity contribution in [3.8, 4) is 0 Å². The topological polar surface area (TPSA) is 44.8 Å². The van der Waals surface area contributed by atoms with E-state index in [1.165, 1.54) is 12.8 Å². The van der Waals surface area contributed by atoms with E-state index in [1.807, 2.05) is 0 Å². The van der Waals surface area contributed by atoms with Crippen LogP contribution in [0.5, 0.6) is 0 Å². The Bertz CT molecular complexity index is 330. The maximum atomic E-state index is 12.0. The summed E-state index contributed by atoms with van der Waals surface area (Å²) < 4.78 is 5.70. The molecule has 3 fully saturated rings. The Balaban J connectivity index is 1.38. The van der Waals surface area contributed by atoms with Gasteiger partial charge in [-0.3, -0.25) is 4.79 Å². The van der Waals surface area contributed by atoms with Crippen molar-refractivity contribution >= 4 is 5.97 Å². The Kier molecular flexibility index (Phi) is 4.58. The van der Waals surface area contributed by atoms with Gasteiger partial charge in [0.05, 0.1) is 6.42 Å². The Morgan fingerprint density at radius 1 is 1.20 bits per heavy atom. The van der Waals surface area contributed by atoms with E-state index in [1.54, 1.807) is 0 Å². The van der Waals surface area contributed by atoms with Crippen molar-refractivity contribution in [1.29, 1.82) is 0 Å². The van der Waals surface area contributed by atoms with Gasteiger partial charge in [-0.1, -0.05) is 0 Å². The summed E-state index contributed by atoms with van der Waals surface area (Å²) in [5, 5.41) is 3.33. The van der Waals surface area contributed by atoms with Gasteiger partial charge in [0.15, 0.2) is 0 Å². The van der Waals surface area contributed by atoms with Crippen molar-refractivity contribution in [2.75, 3.05) is 39.8 Å². The van der Waals surface area contributed by atoms with Gasteiger partial charge >= 0.3 is 5.97 Å². The lowest BCUT2D eigenvalue weighted by Gasteiger charge is -2.36. The monoisotopic (exact) mass is 281 g/mol. The lowest BCUT2D eigenvalue weighted by Crippen LogP contribution is -2.45. The molecule has 3 rings (SSSR count). The maximum absolute atomic E-state index is 12.0. The van der Waals surface area contributed by atoms with Crippen molar-refractivity contribution in [3.63, 3.8) is 0 Å². The molecule has 114 valence electrons. The molecule has 0 radical (unpaired) electrons. The third kappa shape index (κ3) is 3.32. The zero-order valence-corrected chi connectivity index (χ0v) is 12.5. The molecule has 2 atom stereocenters. The number of rotatable bonds is 4. The van der Waals surface area contributed by atoms with Gasteiger partial charge in [0.2, 0.25) is 0 Å². The molecule has 3 saturated heterocycles. The summed E-state index contributed by atoms with van der Waals surface area (Å²) in [4.78, 5) is 16.8. The summed E-state index contributed by atoms with van der Waals surface area (Å²) in [6, 6.07) is 1.28. The van der Waals surface area contributed by atoms with E-state index in [0.717, 1.165) is 45.6 Å². The van der Waals surface area contributed by atoms with Gasteiger partial charge in [-0.15, -0.1) is 0 Å². The molecular formula is C15H27N3O2. The number of piperazine rings is 1. The van der Waals surface area contributed by atoms with Gasteiger partial charge in [-0.05, 0) is 32.7 Å². The first kappa shape index (κ1) is 14.3. The van der Waals surface area contributed by atoms with Crippen molar-refractivity contribution in [2.24, 2.45) is 0 Å². The van der Waals surface area contributed by atoms with Crippen LogP contribution in [0.3, 0.4) is 0 Å². The highest BCUT2D eigenvalue weighted by Crippen LogP contribution is 2.35. The molecule has 2 bridgehead atoms. The molecule has 3 heterocycles. The van der Waals surface area contributed by atoms with Crippen LogP contribution >= 0.6 is 0 Å². The van der Waals surface area contributed by atoms with Gasteiger partial charge in [0.1, 0.15) is 6.10 Å². The molecule has 1 N–H and O–H groups in total. The maximum Gasteiger partial charge on any atom is 0.307 e. The summed E-state index contributed by atoms with van der Waals surface area (Å²) in [6.07, 6.45) is 5.33. The van der Waals surface area contributed by atoms with Crippen LogP contribution in [0.2, 0.25) is 0 Å². The highest BCUT2D eigenvalue weighted by Gasteiger charge is 2.39. The highest BCUT2D eigenvalue weighted by atomic mass is 16.5. The minimum atomic E-state index is -0.00233. The Morgan fingerprint density at radius 3 is 2.50 bits per heavy atom. The zero-order chi connectivity index (χ0) is 13.9. The Labute approximate surface area is 121 Å². The van der Waals surface area contributed by atoms with Crippen molar-refractivity contribution in [1.82, 2.24) is 15.1 Å². The van der Waals surface area contributed by atoms with Crippen molar-refractivity contribution < 1.29 is 9.53 Å². The molecule has 5 heteroatoms. The second-order valence-corrected chi connectivity index (χ2v) is 6.48. The summed E-state index contributed by atoms with van der Waals surface area (Å²) in [6.45, 7) is 5.01. The molecule has 0 amide bonds. The fraction of sp³-hybridized carbons (Fsp3) is 0.933. The summed E-state index contributed by atoms with van der Waals surface area (Å²) >= 11 is 0. The molecule has 3 aliphatic heterocycles. The van der Waals surface area contributed by atoms with Crippen LogP contribution in [0.1, 0.15) is 32.1 Å². The normalized spacial score (nSPS) is 35.1. The quantitative estimate of drug-likeness (QED) is 0.758. The molecule has 0 saturated carbocycles. The van der Waals surface area contributed by atoms with Crippen LogP contribution in [0, 0.1) is 0 Å². The lowest BCUT2D eigenvalue weighted by molar-refractivity contribution is -0.152. The Morgan fingerprint density at radius 2 is 1.85 bits per heavy atom. The molecule has 0 aromatic carbocycles. The fourth-order valence-corrected chi connectivity index (χ4v) is 3.89. The number of ether oxygens (including phenoxy) is 1. The lowest BCUT2D eigenvalue weighted by atomic mass is 10.0. The number of fused-ring (bicyclic) bond motifs is 2. The zero-order valence-electron chi connectivity index (χ0n) is 12.5. The van der Waals surface area contributed by atoms with Crippen LogP contribution in [-0.4, -0.2) is 73.7 Å². The number of esters is 1. The number of hydrogen-bond donors (Lipinski definition) is 1. The second-order valence-electron chi connectivity index (χ2n) is 6.48. The fourth-order valence-electron chi connectivity index (χ4n) is 3.89. The summed E-state index contributed by atoms with van der Waals surface area (Å²) in [5.74, 6) is -0.00233. The Hall–Kier alpha value is -0.650. The van der Waals surface area contributed by atoms with Crippen LogP contribution in [0.4, 0.5) is 0 Å². The second kappa shape index (κ2) is 6.41. The molecule has 0 aliphatic carbocycles. The van der Waals surface area contributed by atoms with Crippen LogP contribution < -0.4 is 5.32 Å². The number of nitrogens with zero attached hydrogens (tertiary/aromatic N) is 2. The predicted octanol–water partition coefficient (Wildman–Crippen LogP) is 0.450. The van der Waals surface area contributed by atoms with Gasteiger partial charge in [-0.2, -0.15) is 0 Å². The van der Waals surface area contributed by atoms with Crippen LogP contribution in [-0.2, 0) is 9.53 Å². The number of carbonyl (C=O) groups is 1. The molecule has 2 unspecified atom stereocenters. The van der Waals surface area contributed by atoms with Crippen molar-refractivity contribution in [2.45, 2.75) is 50.3 Å². The van der Waals surface area contributed by atoms with Crippen molar-refractivity contribution in [3.05, 3.63) is 0 Å². The molecule has 3 aliphatic rings. The van der Waals surface area contributed by atoms with E-state index in [2.05, 4.69) is 22.2 Å². The van der Waals surface area contributed by atoms with Crippen LogP contribution in [0.25, 0.3) is 0 Å². The van der Waals surface area contributed by atoms with Crippen LogP contribution in [0.15, 0.2) is 0 Å². The standard InChI is InChI=1S/C15H27N3O2/c1-17-12-2-3-13(17)11-14(10-12)20-15(19)4-7-18-8-5-16-6-9-18/h12-14,16H,2-11H2,1H3. The van der Waals surface area contributed by atoms with E-state index in [4.69, 9.17) is 4.74 Å². The molecule has 20 heavy (non-hydrogen) atoms. The number of nitrogens with one attached hydrogen (secondary N) is 1. The van der Waals surface area contributed by atoms with Gasteiger partial charge < -0.3 is 19.9 Å². The average Bonchev–Trinajstić information content (AvgIpc) is 2.68. The molecule has 0 aromatic rings. The van der Waals surface area contributed by atoms with E-state index in [0.29, 0.717) is 18.5 Å². The van der Waals surface area contributed by atoms with E-state index in [9.17, 15) is 4.79 Å². The summed E-state index contributed by atoms with van der Waals surface area (Å²) in [5.41, 5.74) is 0. The first-order valence-corrected chi connectivity index (χ1v) is 8.07. The largest absolute Gasteiger partial charge is 0.462 e. The SMILES string of the molecule is CN1C2CCC1CC(OC(=O)CCN1CCNCC1)C2. The van der Waals surface area contributed by atoms with Gasteiger partial charge in [-0.25, -0.2) is 0 Å². The minimum Gasteiger partial charge on any atom is -0.462 e. The third-order valence-corrected chi connectivity index (χ3v) is 5.19. The summed E-state index contributed by atoms with van der Waals surface area (Å²) in [7, 11) is 2.21. The highest BCUT2D eigenvalue weighted by molar-refractivity contribution is 5.69. The molecular weight excluding hydrogens is 254 g/mol. The smallest absolute Gasteiger partial charge is 0.307 e.